The second-order valence-corrected chi connectivity index (χ2v) is 6.45. The van der Waals surface area contributed by atoms with Crippen molar-refractivity contribution in [1.82, 2.24) is 0 Å². The summed E-state index contributed by atoms with van der Waals surface area (Å²) in [5.74, 6) is -7.09. The Kier molecular flexibility index (Phi) is 6.45. The lowest BCUT2D eigenvalue weighted by Gasteiger charge is -2.21. The highest BCUT2D eigenvalue weighted by molar-refractivity contribution is 6.30. The van der Waals surface area contributed by atoms with E-state index >= 15 is 0 Å². The average Bonchev–Trinajstić information content (AvgIpc) is 2.60. The van der Waals surface area contributed by atoms with E-state index in [2.05, 4.69) is 0 Å². The third-order valence-electron chi connectivity index (χ3n) is 4.17. The summed E-state index contributed by atoms with van der Waals surface area (Å²) in [4.78, 5) is 35.4. The van der Waals surface area contributed by atoms with Crippen LogP contribution in [0.25, 0.3) is 0 Å². The molecule has 0 bridgehead atoms. The number of halogens is 4. The number of carbonyl (C=O) groups is 3. The van der Waals surface area contributed by atoms with Crippen LogP contribution in [0.4, 0.5) is 13.2 Å². The van der Waals surface area contributed by atoms with Gasteiger partial charge in [0.1, 0.15) is 0 Å². The van der Waals surface area contributed by atoms with Crippen LogP contribution in [0.1, 0.15) is 33.8 Å². The molecular weight excluding hydrogens is 401 g/mol. The Balaban J connectivity index is 2.36. The molecule has 1 atom stereocenters. The Morgan fingerprint density at radius 2 is 1.39 bits per heavy atom. The highest BCUT2D eigenvalue weighted by Gasteiger charge is 2.37. The number of hydrogen-bond donors (Lipinski definition) is 2. The van der Waals surface area contributed by atoms with E-state index in [-0.39, 0.29) is 11.1 Å². The first kappa shape index (κ1) is 21.4. The van der Waals surface area contributed by atoms with Crippen molar-refractivity contribution in [2.45, 2.75) is 18.5 Å². The monoisotopic (exact) mass is 414 g/mol. The number of aliphatic carboxylic acids is 2. The van der Waals surface area contributed by atoms with Crippen LogP contribution >= 0.6 is 11.6 Å². The van der Waals surface area contributed by atoms with Gasteiger partial charge in [-0.25, -0.2) is 0 Å². The van der Waals surface area contributed by atoms with E-state index in [4.69, 9.17) is 11.6 Å². The maximum Gasteiger partial charge on any atom is 0.416 e. The molecule has 0 spiro atoms. The zero-order valence-corrected chi connectivity index (χ0v) is 14.9. The molecule has 0 radical (unpaired) electrons. The largest absolute Gasteiger partial charge is 0.481 e. The second-order valence-electron chi connectivity index (χ2n) is 6.01. The molecule has 0 heterocycles. The van der Waals surface area contributed by atoms with Crippen LogP contribution in [0.5, 0.6) is 0 Å². The van der Waals surface area contributed by atoms with Gasteiger partial charge in [-0.2, -0.15) is 13.2 Å². The molecule has 0 saturated heterocycles. The fraction of sp³-hybridized carbons (Fsp3) is 0.211. The Hall–Kier alpha value is -2.87. The summed E-state index contributed by atoms with van der Waals surface area (Å²) in [7, 11) is 0. The first-order chi connectivity index (χ1) is 13.0. The summed E-state index contributed by atoms with van der Waals surface area (Å²) < 4.78 is 37.9. The molecule has 0 aliphatic rings. The van der Waals surface area contributed by atoms with Gasteiger partial charge in [-0.05, 0) is 29.8 Å². The maximum atomic E-state index is 12.6. The molecule has 2 aromatic carbocycles. The number of carbonyl (C=O) groups excluding carboxylic acids is 1. The molecule has 0 amide bonds. The maximum absolute atomic E-state index is 12.6. The molecule has 2 N–H and O–H groups in total. The highest BCUT2D eigenvalue weighted by atomic mass is 35.5. The molecule has 9 heteroatoms. The fourth-order valence-corrected chi connectivity index (χ4v) is 2.88. The van der Waals surface area contributed by atoms with Crippen LogP contribution in [-0.2, 0) is 15.8 Å². The SMILES string of the molecule is O=C(CC(c1ccc(Cl)cc1)C(C(=O)O)C(=O)O)c1ccc(C(F)(F)F)cc1. The first-order valence-corrected chi connectivity index (χ1v) is 8.30. The molecule has 0 saturated carbocycles. The smallest absolute Gasteiger partial charge is 0.416 e. The van der Waals surface area contributed by atoms with Gasteiger partial charge in [-0.1, -0.05) is 35.9 Å². The van der Waals surface area contributed by atoms with Crippen LogP contribution in [0.2, 0.25) is 5.02 Å². The lowest BCUT2D eigenvalue weighted by molar-refractivity contribution is -0.155. The van der Waals surface area contributed by atoms with Gasteiger partial charge < -0.3 is 10.2 Å². The lowest BCUT2D eigenvalue weighted by atomic mass is 9.81. The predicted octanol–water partition coefficient (Wildman–Crippen LogP) is 4.50. The molecular formula is C19H14ClF3O5. The van der Waals surface area contributed by atoms with Gasteiger partial charge in [0, 0.05) is 22.9 Å². The molecule has 148 valence electrons. The first-order valence-electron chi connectivity index (χ1n) is 7.92. The molecule has 0 aromatic heterocycles. The summed E-state index contributed by atoms with van der Waals surface area (Å²) in [5.41, 5.74) is -0.756. The number of Topliss-reactive ketones (excluding diaryl/α,β-unsaturated/α-hetero) is 1. The average molecular weight is 415 g/mol. The van der Waals surface area contributed by atoms with E-state index in [9.17, 15) is 37.8 Å². The van der Waals surface area contributed by atoms with Gasteiger partial charge in [0.05, 0.1) is 5.56 Å². The number of carboxylic acid groups (broad SMARTS) is 2. The van der Waals surface area contributed by atoms with E-state index in [1.165, 1.54) is 24.3 Å². The summed E-state index contributed by atoms with van der Waals surface area (Å²) in [6.07, 6.45) is -5.08. The van der Waals surface area contributed by atoms with E-state index in [1.54, 1.807) is 0 Å². The minimum atomic E-state index is -4.56. The summed E-state index contributed by atoms with van der Waals surface area (Å²) in [6.45, 7) is 0. The predicted molar refractivity (Wildman–Crippen MR) is 93.3 cm³/mol. The molecule has 0 aliphatic heterocycles. The van der Waals surface area contributed by atoms with E-state index in [0.717, 1.165) is 24.3 Å². The third-order valence-corrected chi connectivity index (χ3v) is 4.42. The van der Waals surface area contributed by atoms with Gasteiger partial charge in [-0.15, -0.1) is 0 Å². The van der Waals surface area contributed by atoms with Crippen molar-refractivity contribution < 1.29 is 37.8 Å². The lowest BCUT2D eigenvalue weighted by Crippen LogP contribution is -2.31. The normalized spacial score (nSPS) is 12.6. The minimum Gasteiger partial charge on any atom is -0.481 e. The number of ketones is 1. The Morgan fingerprint density at radius 3 is 1.82 bits per heavy atom. The van der Waals surface area contributed by atoms with Crippen LogP contribution in [0.15, 0.2) is 48.5 Å². The zero-order valence-electron chi connectivity index (χ0n) is 14.1. The number of carboxylic acids is 2. The summed E-state index contributed by atoms with van der Waals surface area (Å²) in [5, 5.41) is 18.9. The summed E-state index contributed by atoms with van der Waals surface area (Å²) >= 11 is 5.78. The van der Waals surface area contributed by atoms with Crippen molar-refractivity contribution in [3.05, 3.63) is 70.2 Å². The minimum absolute atomic E-state index is 0.0820. The van der Waals surface area contributed by atoms with Crippen LogP contribution in [0.3, 0.4) is 0 Å². The molecule has 2 rings (SSSR count). The summed E-state index contributed by atoms with van der Waals surface area (Å²) in [6, 6.07) is 9.08. The third kappa shape index (κ3) is 5.10. The van der Waals surface area contributed by atoms with Crippen molar-refractivity contribution >= 4 is 29.3 Å². The standard InChI is InChI=1S/C19H14ClF3O5/c20-13-7-3-10(4-8-13)14(16(17(25)26)18(27)28)9-15(24)11-1-5-12(6-2-11)19(21,22)23/h1-8,14,16H,9H2,(H,25,26)(H,27,28). The number of rotatable bonds is 7. The topological polar surface area (TPSA) is 91.7 Å². The molecule has 1 unspecified atom stereocenters. The van der Waals surface area contributed by atoms with Crippen molar-refractivity contribution in [2.24, 2.45) is 5.92 Å². The molecule has 5 nitrogen and oxygen atoms in total. The van der Waals surface area contributed by atoms with Crippen LogP contribution in [0, 0.1) is 5.92 Å². The quantitative estimate of drug-likeness (QED) is 0.514. The van der Waals surface area contributed by atoms with Gasteiger partial charge >= 0.3 is 18.1 Å². The zero-order chi connectivity index (χ0) is 21.1. The number of alkyl halides is 3. The fourth-order valence-electron chi connectivity index (χ4n) is 2.75. The van der Waals surface area contributed by atoms with Gasteiger partial charge in [0.25, 0.3) is 0 Å². The Morgan fingerprint density at radius 1 is 0.893 bits per heavy atom. The van der Waals surface area contributed by atoms with Crippen molar-refractivity contribution in [3.63, 3.8) is 0 Å². The van der Waals surface area contributed by atoms with E-state index in [1.807, 2.05) is 0 Å². The molecule has 0 aliphatic carbocycles. The highest BCUT2D eigenvalue weighted by Crippen LogP contribution is 2.33. The number of benzene rings is 2. The van der Waals surface area contributed by atoms with E-state index in [0.29, 0.717) is 5.02 Å². The van der Waals surface area contributed by atoms with Crippen LogP contribution < -0.4 is 0 Å². The van der Waals surface area contributed by atoms with Crippen molar-refractivity contribution in [1.29, 1.82) is 0 Å². The Labute approximate surface area is 162 Å². The van der Waals surface area contributed by atoms with Gasteiger partial charge in [-0.3, -0.25) is 14.4 Å². The Bertz CT molecular complexity index is 862. The van der Waals surface area contributed by atoms with Crippen molar-refractivity contribution in [3.8, 4) is 0 Å². The molecule has 2 aromatic rings. The van der Waals surface area contributed by atoms with Crippen molar-refractivity contribution in [2.75, 3.05) is 0 Å². The van der Waals surface area contributed by atoms with Gasteiger partial charge in [0.15, 0.2) is 11.7 Å². The van der Waals surface area contributed by atoms with E-state index < -0.39 is 47.7 Å². The molecule has 28 heavy (non-hydrogen) atoms. The van der Waals surface area contributed by atoms with Crippen LogP contribution in [-0.4, -0.2) is 27.9 Å². The molecule has 0 fully saturated rings. The second kappa shape index (κ2) is 8.43. The van der Waals surface area contributed by atoms with Gasteiger partial charge in [0.2, 0.25) is 0 Å². The number of hydrogen-bond acceptors (Lipinski definition) is 3.